The number of hydrogen-bond donors (Lipinski definition) is 1. The van der Waals surface area contributed by atoms with Crippen LogP contribution in [-0.2, 0) is 16.5 Å². The second kappa shape index (κ2) is 10.0. The van der Waals surface area contributed by atoms with E-state index in [1.807, 2.05) is 6.07 Å². The molecule has 0 spiro atoms. The van der Waals surface area contributed by atoms with E-state index < -0.39 is 10.1 Å². The third-order valence-corrected chi connectivity index (χ3v) is 5.20. The van der Waals surface area contributed by atoms with Crippen molar-refractivity contribution in [1.82, 2.24) is 0 Å². The van der Waals surface area contributed by atoms with E-state index in [9.17, 15) is 13.0 Å². The second-order valence-electron chi connectivity index (χ2n) is 6.12. The molecule has 3 nitrogen and oxygen atoms in total. The molecule has 1 aromatic carbocycles. The number of benzene rings is 1. The van der Waals surface area contributed by atoms with Gasteiger partial charge in [0, 0.05) is 0 Å². The molecule has 0 aliphatic heterocycles. The van der Waals surface area contributed by atoms with E-state index in [0.29, 0.717) is 12.0 Å². The Bertz CT molecular complexity index is 535. The molecule has 0 fully saturated rings. The molecule has 0 saturated heterocycles. The summed E-state index contributed by atoms with van der Waals surface area (Å²) in [6.45, 7) is 3.95. The summed E-state index contributed by atoms with van der Waals surface area (Å²) in [7, 11) is -4.12. The Kier molecular flexibility index (Phi) is 8.72. The van der Waals surface area contributed by atoms with E-state index in [0.717, 1.165) is 18.4 Å². The van der Waals surface area contributed by atoms with Crippen molar-refractivity contribution in [2.75, 3.05) is 0 Å². The summed E-state index contributed by atoms with van der Waals surface area (Å²) in [5, 5.41) is 0. The van der Waals surface area contributed by atoms with Crippen LogP contribution in [0.15, 0.2) is 23.1 Å². The molecule has 0 amide bonds. The van der Waals surface area contributed by atoms with Gasteiger partial charge in [0.15, 0.2) is 0 Å². The molecular formula is C18H30O3S. The number of hydrogen-bond acceptors (Lipinski definition) is 2. The molecule has 126 valence electrons. The maximum absolute atomic E-state index is 11.5. The van der Waals surface area contributed by atoms with Crippen molar-refractivity contribution in [3.05, 3.63) is 29.3 Å². The van der Waals surface area contributed by atoms with Gasteiger partial charge in [0.05, 0.1) is 4.90 Å². The van der Waals surface area contributed by atoms with Crippen LogP contribution in [0, 0.1) is 6.92 Å². The quantitative estimate of drug-likeness (QED) is 0.442. The molecule has 0 atom stereocenters. The summed E-state index contributed by atoms with van der Waals surface area (Å²) in [5.41, 5.74) is 1.36. The SMILES string of the molecule is CCCCCCCCCCCc1cccc(C)c1S(=O)(=O)O. The van der Waals surface area contributed by atoms with Crippen molar-refractivity contribution in [2.45, 2.75) is 83.0 Å². The minimum atomic E-state index is -4.12. The normalized spacial score (nSPS) is 11.8. The first kappa shape index (κ1) is 19.2. The third kappa shape index (κ3) is 6.93. The first-order valence-electron chi connectivity index (χ1n) is 8.52. The topological polar surface area (TPSA) is 54.4 Å². The van der Waals surface area contributed by atoms with E-state index in [1.54, 1.807) is 19.1 Å². The Morgan fingerprint density at radius 1 is 0.909 bits per heavy atom. The van der Waals surface area contributed by atoms with E-state index in [-0.39, 0.29) is 4.90 Å². The standard InChI is InChI=1S/C18H30O3S/c1-3-4-5-6-7-8-9-10-11-14-17-15-12-13-16(2)18(17)22(19,20)21/h12-13,15H,3-11,14H2,1-2H3,(H,19,20,21). The van der Waals surface area contributed by atoms with Gasteiger partial charge in [-0.05, 0) is 30.9 Å². The van der Waals surface area contributed by atoms with Gasteiger partial charge in [0.1, 0.15) is 0 Å². The Morgan fingerprint density at radius 2 is 1.45 bits per heavy atom. The summed E-state index contributed by atoms with van der Waals surface area (Å²) in [4.78, 5) is 0.106. The van der Waals surface area contributed by atoms with Crippen LogP contribution in [-0.4, -0.2) is 13.0 Å². The van der Waals surface area contributed by atoms with Crippen molar-refractivity contribution in [3.63, 3.8) is 0 Å². The molecule has 0 saturated carbocycles. The van der Waals surface area contributed by atoms with Crippen LogP contribution in [0.2, 0.25) is 0 Å². The van der Waals surface area contributed by atoms with Crippen molar-refractivity contribution in [1.29, 1.82) is 0 Å². The lowest BCUT2D eigenvalue weighted by atomic mass is 10.0. The molecule has 1 rings (SSSR count). The van der Waals surface area contributed by atoms with Crippen LogP contribution < -0.4 is 0 Å². The van der Waals surface area contributed by atoms with Gasteiger partial charge < -0.3 is 0 Å². The van der Waals surface area contributed by atoms with Gasteiger partial charge >= 0.3 is 0 Å². The third-order valence-electron chi connectivity index (χ3n) is 4.10. The average molecular weight is 327 g/mol. The molecular weight excluding hydrogens is 296 g/mol. The molecule has 1 N–H and O–H groups in total. The van der Waals surface area contributed by atoms with Gasteiger partial charge in [-0.2, -0.15) is 8.42 Å². The lowest BCUT2D eigenvalue weighted by Gasteiger charge is -2.10. The van der Waals surface area contributed by atoms with Crippen LogP contribution in [0.25, 0.3) is 0 Å². The van der Waals surface area contributed by atoms with E-state index in [1.165, 1.54) is 44.9 Å². The molecule has 4 heteroatoms. The fourth-order valence-electron chi connectivity index (χ4n) is 2.91. The monoisotopic (exact) mass is 326 g/mol. The molecule has 0 aliphatic carbocycles. The van der Waals surface area contributed by atoms with Gasteiger partial charge in [-0.15, -0.1) is 0 Å². The molecule has 0 radical (unpaired) electrons. The van der Waals surface area contributed by atoms with Crippen molar-refractivity contribution in [2.24, 2.45) is 0 Å². The smallest absolute Gasteiger partial charge is 0.282 e. The van der Waals surface area contributed by atoms with E-state index in [4.69, 9.17) is 0 Å². The van der Waals surface area contributed by atoms with Crippen LogP contribution in [0.5, 0.6) is 0 Å². The number of rotatable bonds is 11. The first-order chi connectivity index (χ1) is 10.5. The van der Waals surface area contributed by atoms with Gasteiger partial charge in [0.25, 0.3) is 10.1 Å². The highest BCUT2D eigenvalue weighted by Crippen LogP contribution is 2.22. The Morgan fingerprint density at radius 3 is 2.00 bits per heavy atom. The van der Waals surface area contributed by atoms with Gasteiger partial charge in [0.2, 0.25) is 0 Å². The van der Waals surface area contributed by atoms with Crippen molar-refractivity contribution in [3.8, 4) is 0 Å². The van der Waals surface area contributed by atoms with Crippen LogP contribution in [0.1, 0.15) is 75.8 Å². The summed E-state index contributed by atoms with van der Waals surface area (Å²) in [6, 6.07) is 5.39. The summed E-state index contributed by atoms with van der Waals surface area (Å²) < 4.78 is 32.3. The molecule has 0 aromatic heterocycles. The minimum Gasteiger partial charge on any atom is -0.282 e. The largest absolute Gasteiger partial charge is 0.295 e. The zero-order chi connectivity index (χ0) is 16.4. The van der Waals surface area contributed by atoms with Crippen molar-refractivity contribution < 1.29 is 13.0 Å². The Balaban J connectivity index is 2.33. The maximum atomic E-state index is 11.5. The average Bonchev–Trinajstić information content (AvgIpc) is 2.44. The summed E-state index contributed by atoms with van der Waals surface area (Å²) in [5.74, 6) is 0. The van der Waals surface area contributed by atoms with Gasteiger partial charge in [-0.3, -0.25) is 4.55 Å². The first-order valence-corrected chi connectivity index (χ1v) is 9.96. The number of unbranched alkanes of at least 4 members (excludes halogenated alkanes) is 8. The predicted octanol–water partition coefficient (Wildman–Crippen LogP) is 5.32. The Hall–Kier alpha value is -0.870. The van der Waals surface area contributed by atoms with E-state index in [2.05, 4.69) is 6.92 Å². The van der Waals surface area contributed by atoms with E-state index >= 15 is 0 Å². The molecule has 0 aliphatic rings. The van der Waals surface area contributed by atoms with Crippen LogP contribution >= 0.6 is 0 Å². The highest BCUT2D eigenvalue weighted by Gasteiger charge is 2.17. The van der Waals surface area contributed by atoms with Crippen molar-refractivity contribution >= 4 is 10.1 Å². The zero-order valence-electron chi connectivity index (χ0n) is 14.0. The highest BCUT2D eigenvalue weighted by molar-refractivity contribution is 7.86. The molecule has 0 unspecified atom stereocenters. The molecule has 1 aromatic rings. The number of aryl methyl sites for hydroxylation is 2. The lowest BCUT2D eigenvalue weighted by Crippen LogP contribution is -2.05. The fourth-order valence-corrected chi connectivity index (χ4v) is 3.88. The van der Waals surface area contributed by atoms with Gasteiger partial charge in [-0.1, -0.05) is 76.5 Å². The Labute approximate surface area is 135 Å². The highest BCUT2D eigenvalue weighted by atomic mass is 32.2. The van der Waals surface area contributed by atoms with Crippen LogP contribution in [0.3, 0.4) is 0 Å². The minimum absolute atomic E-state index is 0.106. The summed E-state index contributed by atoms with van der Waals surface area (Å²) >= 11 is 0. The predicted molar refractivity (Wildman–Crippen MR) is 91.9 cm³/mol. The fraction of sp³-hybridized carbons (Fsp3) is 0.667. The summed E-state index contributed by atoms with van der Waals surface area (Å²) in [6.07, 6.45) is 11.9. The zero-order valence-corrected chi connectivity index (χ0v) is 14.8. The molecule has 0 bridgehead atoms. The van der Waals surface area contributed by atoms with Gasteiger partial charge in [-0.25, -0.2) is 0 Å². The molecule has 0 heterocycles. The second-order valence-corrected chi connectivity index (χ2v) is 7.48. The molecule has 22 heavy (non-hydrogen) atoms. The maximum Gasteiger partial charge on any atom is 0.295 e. The lowest BCUT2D eigenvalue weighted by molar-refractivity contribution is 0.481. The van der Waals surface area contributed by atoms with Crippen LogP contribution in [0.4, 0.5) is 0 Å².